The summed E-state index contributed by atoms with van der Waals surface area (Å²) >= 11 is 0. The number of amides is 1. The van der Waals surface area contributed by atoms with Crippen LogP contribution in [0, 0.1) is 0 Å². The van der Waals surface area contributed by atoms with Crippen LogP contribution in [0.1, 0.15) is 11.3 Å². The molecule has 2 aliphatic rings. The molecule has 1 aromatic carbocycles. The number of fused-ring (bicyclic) bond motifs is 1. The fourth-order valence-corrected chi connectivity index (χ4v) is 4.07. The molecule has 1 amide bonds. The van der Waals surface area contributed by atoms with Gasteiger partial charge in [0.05, 0.1) is 24.1 Å². The molecule has 0 spiro atoms. The largest absolute Gasteiger partial charge is 0.467 e. The second-order valence-corrected chi connectivity index (χ2v) is 8.33. The Morgan fingerprint density at radius 2 is 1.93 bits per heavy atom. The molecule has 0 saturated heterocycles. The fourth-order valence-electron chi connectivity index (χ4n) is 3.10. The Hall–Kier alpha value is -3.13. The number of carbonyl (C=O) groups is 1. The molecular formula is C20H19N3O4S. The van der Waals surface area contributed by atoms with E-state index in [0.717, 1.165) is 5.56 Å². The maximum absolute atomic E-state index is 13.2. The Kier molecular flexibility index (Phi) is 4.87. The molecule has 144 valence electrons. The van der Waals surface area contributed by atoms with Gasteiger partial charge in [-0.2, -0.15) is 0 Å². The van der Waals surface area contributed by atoms with Gasteiger partial charge in [-0.1, -0.05) is 30.3 Å². The summed E-state index contributed by atoms with van der Waals surface area (Å²) in [4.78, 5) is 16.6. The van der Waals surface area contributed by atoms with Gasteiger partial charge in [-0.15, -0.1) is 4.40 Å². The number of furan rings is 1. The highest BCUT2D eigenvalue weighted by Gasteiger charge is 2.27. The first-order chi connectivity index (χ1) is 13.5. The molecule has 2 aliphatic heterocycles. The number of amidine groups is 1. The lowest BCUT2D eigenvalue weighted by molar-refractivity contribution is -0.128. The summed E-state index contributed by atoms with van der Waals surface area (Å²) in [5.41, 5.74) is 1.48. The number of benzene rings is 1. The van der Waals surface area contributed by atoms with Crippen molar-refractivity contribution >= 4 is 21.8 Å². The molecule has 0 saturated carbocycles. The molecule has 0 aliphatic carbocycles. The predicted octanol–water partition coefficient (Wildman–Crippen LogP) is 2.31. The first-order valence-corrected chi connectivity index (χ1v) is 10.5. The van der Waals surface area contributed by atoms with Crippen LogP contribution >= 0.6 is 0 Å². The quantitative estimate of drug-likeness (QED) is 0.773. The fraction of sp³-hybridized carbons (Fsp3) is 0.200. The lowest BCUT2D eigenvalue weighted by Gasteiger charge is -2.29. The van der Waals surface area contributed by atoms with Gasteiger partial charge in [-0.05, 0) is 29.8 Å². The second kappa shape index (κ2) is 7.47. The van der Waals surface area contributed by atoms with Crippen molar-refractivity contribution in [3.63, 3.8) is 0 Å². The first kappa shape index (κ1) is 18.2. The molecule has 7 nitrogen and oxygen atoms in total. The van der Waals surface area contributed by atoms with Crippen LogP contribution in [0.5, 0.6) is 0 Å². The molecule has 28 heavy (non-hydrogen) atoms. The first-order valence-electron chi connectivity index (χ1n) is 8.85. The third-order valence-electron chi connectivity index (χ3n) is 4.50. The standard InChI is InChI=1S/C20H19N3O4S/c24-20(17-8-9-19-21-28(25,26)12-10-22(19)14-17)23(15-18-7-4-11-27-18)13-16-5-2-1-3-6-16/h1-9,11,14H,10,12-13,15H2. The molecule has 0 atom stereocenters. The van der Waals surface area contributed by atoms with Gasteiger partial charge >= 0.3 is 0 Å². The summed E-state index contributed by atoms with van der Waals surface area (Å²) in [6.07, 6.45) is 6.42. The SMILES string of the molecule is O=C(C1=CN2CCS(=O)(=O)N=C2C=C1)N(Cc1ccccc1)Cc1ccco1. The average Bonchev–Trinajstić information content (AvgIpc) is 3.20. The maximum Gasteiger partial charge on any atom is 0.256 e. The molecule has 0 fully saturated rings. The monoisotopic (exact) mass is 397 g/mol. The minimum Gasteiger partial charge on any atom is -0.467 e. The van der Waals surface area contributed by atoms with Crippen LogP contribution in [-0.4, -0.2) is 42.3 Å². The Balaban J connectivity index is 1.58. The van der Waals surface area contributed by atoms with Crippen molar-refractivity contribution in [3.05, 3.63) is 84.0 Å². The molecule has 0 N–H and O–H groups in total. The van der Waals surface area contributed by atoms with Crippen LogP contribution in [0.3, 0.4) is 0 Å². The highest BCUT2D eigenvalue weighted by molar-refractivity contribution is 7.90. The van der Waals surface area contributed by atoms with Crippen LogP contribution in [0.4, 0.5) is 0 Å². The van der Waals surface area contributed by atoms with E-state index in [1.807, 2.05) is 36.4 Å². The van der Waals surface area contributed by atoms with Crippen LogP contribution in [0.25, 0.3) is 0 Å². The van der Waals surface area contributed by atoms with Crippen LogP contribution in [0.2, 0.25) is 0 Å². The Labute approximate surface area is 163 Å². The van der Waals surface area contributed by atoms with Gasteiger partial charge in [0.25, 0.3) is 15.9 Å². The van der Waals surface area contributed by atoms with E-state index in [-0.39, 0.29) is 18.2 Å². The molecule has 0 radical (unpaired) electrons. The molecule has 0 bridgehead atoms. The Morgan fingerprint density at radius 1 is 1.11 bits per heavy atom. The third-order valence-corrected chi connectivity index (χ3v) is 5.66. The number of carbonyl (C=O) groups excluding carboxylic acids is 1. The summed E-state index contributed by atoms with van der Waals surface area (Å²) in [5, 5.41) is 0. The zero-order chi connectivity index (χ0) is 19.6. The average molecular weight is 397 g/mol. The Bertz CT molecular complexity index is 1050. The highest BCUT2D eigenvalue weighted by Crippen LogP contribution is 2.20. The van der Waals surface area contributed by atoms with Crippen molar-refractivity contribution in [2.75, 3.05) is 12.3 Å². The van der Waals surface area contributed by atoms with Crippen LogP contribution in [-0.2, 0) is 27.9 Å². The minimum atomic E-state index is -3.42. The topological polar surface area (TPSA) is 83.2 Å². The molecule has 1 aromatic heterocycles. The number of hydrogen-bond donors (Lipinski definition) is 0. The molecule has 0 unspecified atom stereocenters. The number of hydrogen-bond acceptors (Lipinski definition) is 5. The summed E-state index contributed by atoms with van der Waals surface area (Å²) in [6, 6.07) is 13.3. The van der Waals surface area contributed by atoms with Crippen LogP contribution < -0.4 is 0 Å². The van der Waals surface area contributed by atoms with Gasteiger partial charge < -0.3 is 14.2 Å². The smallest absolute Gasteiger partial charge is 0.256 e. The highest BCUT2D eigenvalue weighted by atomic mass is 32.2. The lowest BCUT2D eigenvalue weighted by atomic mass is 10.1. The lowest BCUT2D eigenvalue weighted by Crippen LogP contribution is -2.38. The Morgan fingerprint density at radius 3 is 2.68 bits per heavy atom. The molecular weight excluding hydrogens is 378 g/mol. The molecule has 3 heterocycles. The van der Waals surface area contributed by atoms with Crippen molar-refractivity contribution < 1.29 is 17.6 Å². The van der Waals surface area contributed by atoms with E-state index in [9.17, 15) is 13.2 Å². The normalized spacial score (nSPS) is 17.5. The van der Waals surface area contributed by atoms with E-state index in [1.54, 1.807) is 40.5 Å². The van der Waals surface area contributed by atoms with E-state index >= 15 is 0 Å². The maximum atomic E-state index is 13.2. The third kappa shape index (κ3) is 4.07. The van der Waals surface area contributed by atoms with Crippen LogP contribution in [0.15, 0.2) is 81.5 Å². The van der Waals surface area contributed by atoms with Gasteiger partial charge in [0.15, 0.2) is 0 Å². The minimum absolute atomic E-state index is 0.0670. The molecule has 4 rings (SSSR count). The van der Waals surface area contributed by atoms with E-state index in [4.69, 9.17) is 4.42 Å². The zero-order valence-electron chi connectivity index (χ0n) is 15.1. The summed E-state index contributed by atoms with van der Waals surface area (Å²) in [5.74, 6) is 0.797. The van der Waals surface area contributed by atoms with Gasteiger partial charge in [0, 0.05) is 19.3 Å². The van der Waals surface area contributed by atoms with Crippen molar-refractivity contribution in [3.8, 4) is 0 Å². The van der Waals surface area contributed by atoms with Crippen molar-refractivity contribution in [2.45, 2.75) is 13.1 Å². The van der Waals surface area contributed by atoms with E-state index in [1.165, 1.54) is 0 Å². The zero-order valence-corrected chi connectivity index (χ0v) is 15.9. The molecule has 2 aromatic rings. The van der Waals surface area contributed by atoms with E-state index in [0.29, 0.717) is 30.3 Å². The molecule has 8 heteroatoms. The number of rotatable bonds is 5. The van der Waals surface area contributed by atoms with Gasteiger partial charge in [0.1, 0.15) is 11.6 Å². The summed E-state index contributed by atoms with van der Waals surface area (Å²) < 4.78 is 32.5. The number of sulfonamides is 1. The summed E-state index contributed by atoms with van der Waals surface area (Å²) in [6.45, 7) is 1.04. The van der Waals surface area contributed by atoms with Crippen molar-refractivity contribution in [1.29, 1.82) is 0 Å². The van der Waals surface area contributed by atoms with Crippen molar-refractivity contribution in [2.24, 2.45) is 4.40 Å². The second-order valence-electron chi connectivity index (χ2n) is 6.57. The summed E-state index contributed by atoms with van der Waals surface area (Å²) in [7, 11) is -3.42. The van der Waals surface area contributed by atoms with Crippen molar-refractivity contribution in [1.82, 2.24) is 9.80 Å². The van der Waals surface area contributed by atoms with Gasteiger partial charge in [-0.3, -0.25) is 4.79 Å². The van der Waals surface area contributed by atoms with E-state index in [2.05, 4.69) is 4.40 Å². The number of nitrogens with zero attached hydrogens (tertiary/aromatic N) is 3. The van der Waals surface area contributed by atoms with E-state index < -0.39 is 10.0 Å². The van der Waals surface area contributed by atoms with Gasteiger partial charge in [-0.25, -0.2) is 8.42 Å². The van der Waals surface area contributed by atoms with Gasteiger partial charge in [0.2, 0.25) is 0 Å². The predicted molar refractivity (Wildman–Crippen MR) is 105 cm³/mol.